The second-order valence-corrected chi connectivity index (χ2v) is 13.9. The van der Waals surface area contributed by atoms with E-state index < -0.39 is 0 Å². The summed E-state index contributed by atoms with van der Waals surface area (Å²) in [6, 6.07) is 68.2. The van der Waals surface area contributed by atoms with Gasteiger partial charge in [-0.05, 0) is 99.8 Å². The Balaban J connectivity index is 1.13. The lowest BCUT2D eigenvalue weighted by Gasteiger charge is -2.27. The number of nitrogens with zero attached hydrogens (tertiary/aromatic N) is 2. The Kier molecular flexibility index (Phi) is 7.14. The van der Waals surface area contributed by atoms with Crippen LogP contribution >= 0.6 is 0 Å². The van der Waals surface area contributed by atoms with Crippen LogP contribution in [0.5, 0.6) is 0 Å². The topological polar surface area (TPSA) is 42.4 Å². The van der Waals surface area contributed by atoms with E-state index in [9.17, 15) is 0 Å². The van der Waals surface area contributed by atoms with Crippen molar-refractivity contribution in [2.45, 2.75) is 0 Å². The zero-order valence-electron chi connectivity index (χ0n) is 29.7. The Morgan fingerprint density at radius 1 is 0.400 bits per heavy atom. The minimum Gasteiger partial charge on any atom is -0.455 e. The Bertz CT molecular complexity index is 3170. The van der Waals surface area contributed by atoms with Gasteiger partial charge < -0.3 is 13.7 Å². The fourth-order valence-corrected chi connectivity index (χ4v) is 8.10. The first kappa shape index (κ1) is 31.1. The number of furan rings is 1. The highest BCUT2D eigenvalue weighted by molar-refractivity contribution is 6.23. The predicted octanol–water partition coefficient (Wildman–Crippen LogP) is 14.5. The molecule has 0 spiro atoms. The van der Waals surface area contributed by atoms with Crippen LogP contribution in [0.1, 0.15) is 0 Å². The van der Waals surface area contributed by atoms with Gasteiger partial charge in [-0.25, -0.2) is 4.98 Å². The molecular weight excluding hydrogens is 673 g/mol. The molecule has 0 bridgehead atoms. The Hall–Kier alpha value is -7.43. The maximum Gasteiger partial charge on any atom is 0.227 e. The molecule has 0 saturated heterocycles. The van der Waals surface area contributed by atoms with Gasteiger partial charge in [-0.1, -0.05) is 127 Å². The fraction of sp³-hybridized carbons (Fsp3) is 0. The van der Waals surface area contributed by atoms with E-state index in [-0.39, 0.29) is 0 Å². The molecule has 0 aliphatic carbocycles. The molecule has 55 heavy (non-hydrogen) atoms. The van der Waals surface area contributed by atoms with Crippen molar-refractivity contribution in [2.24, 2.45) is 0 Å². The molecule has 11 aromatic rings. The van der Waals surface area contributed by atoms with Gasteiger partial charge in [0.05, 0.1) is 5.69 Å². The summed E-state index contributed by atoms with van der Waals surface area (Å²) >= 11 is 0. The third-order valence-corrected chi connectivity index (χ3v) is 10.7. The molecular formula is C51H32N2O2. The van der Waals surface area contributed by atoms with E-state index in [4.69, 9.17) is 13.8 Å². The van der Waals surface area contributed by atoms with Gasteiger partial charge in [0.15, 0.2) is 5.58 Å². The minimum absolute atomic E-state index is 0.590. The number of hydrogen-bond acceptors (Lipinski definition) is 4. The van der Waals surface area contributed by atoms with Crippen LogP contribution in [0.25, 0.3) is 88.3 Å². The van der Waals surface area contributed by atoms with Gasteiger partial charge >= 0.3 is 0 Å². The van der Waals surface area contributed by atoms with Crippen molar-refractivity contribution in [2.75, 3.05) is 4.90 Å². The summed E-state index contributed by atoms with van der Waals surface area (Å²) in [5.41, 5.74) is 12.1. The van der Waals surface area contributed by atoms with Gasteiger partial charge in [-0.2, -0.15) is 0 Å². The molecule has 2 aromatic heterocycles. The van der Waals surface area contributed by atoms with Crippen LogP contribution < -0.4 is 4.90 Å². The molecule has 0 unspecified atom stereocenters. The van der Waals surface area contributed by atoms with Crippen LogP contribution in [-0.2, 0) is 0 Å². The van der Waals surface area contributed by atoms with Crippen molar-refractivity contribution in [1.82, 2.24) is 4.98 Å². The third-order valence-electron chi connectivity index (χ3n) is 10.7. The molecule has 0 N–H and O–H groups in total. The smallest absolute Gasteiger partial charge is 0.227 e. The first-order chi connectivity index (χ1) is 27.3. The molecule has 0 atom stereocenters. The molecule has 0 radical (unpaired) electrons. The van der Waals surface area contributed by atoms with Crippen molar-refractivity contribution in [3.8, 4) is 33.7 Å². The number of para-hydroxylation sites is 3. The van der Waals surface area contributed by atoms with Gasteiger partial charge in [0.25, 0.3) is 0 Å². The molecule has 0 aliphatic rings. The van der Waals surface area contributed by atoms with E-state index in [0.29, 0.717) is 5.89 Å². The SMILES string of the molecule is c1ccc(-c2ccc(N(c3ccccc3)c3ccc(-c4cc5ccccc5c5oc6ccc(-c7nc8ccccc8o7)cc6c45)c4ccccc34)cc2)cc1. The summed E-state index contributed by atoms with van der Waals surface area (Å²) < 4.78 is 13.0. The lowest BCUT2D eigenvalue weighted by atomic mass is 9.91. The minimum atomic E-state index is 0.590. The van der Waals surface area contributed by atoms with Crippen LogP contribution in [0.2, 0.25) is 0 Å². The second-order valence-electron chi connectivity index (χ2n) is 13.9. The normalized spacial score (nSPS) is 11.6. The lowest BCUT2D eigenvalue weighted by molar-refractivity contribution is 0.620. The standard InChI is InChI=1S/C51H32N2O2/c1-3-13-33(14-4-1)34-23-26-38(27-24-34)53(37-16-5-2-6-17-37)46-29-28-41(40-19-9-10-20-42(40)46)43-31-35-15-7-8-18-39(35)50-49(43)44-32-36(25-30-47(44)54-50)51-52-45-21-11-12-22-48(45)55-51/h1-32H. The average Bonchev–Trinajstić information content (AvgIpc) is 3.87. The van der Waals surface area contributed by atoms with E-state index in [2.05, 4.69) is 163 Å². The Labute approximate surface area is 317 Å². The van der Waals surface area contributed by atoms with E-state index in [1.807, 2.05) is 36.4 Å². The Morgan fingerprint density at radius 3 is 1.87 bits per heavy atom. The number of aromatic nitrogens is 1. The molecule has 4 nitrogen and oxygen atoms in total. The number of anilines is 3. The number of fused-ring (bicyclic) bond motifs is 7. The molecule has 4 heteroatoms. The van der Waals surface area contributed by atoms with Crippen molar-refractivity contribution < 1.29 is 8.83 Å². The Morgan fingerprint density at radius 2 is 1.05 bits per heavy atom. The molecule has 0 amide bonds. The summed E-state index contributed by atoms with van der Waals surface area (Å²) in [5.74, 6) is 0.590. The summed E-state index contributed by atoms with van der Waals surface area (Å²) in [7, 11) is 0. The van der Waals surface area contributed by atoms with E-state index in [1.165, 1.54) is 11.1 Å². The molecule has 9 aromatic carbocycles. The highest BCUT2D eigenvalue weighted by atomic mass is 16.3. The lowest BCUT2D eigenvalue weighted by Crippen LogP contribution is -2.10. The zero-order chi connectivity index (χ0) is 36.3. The molecule has 11 rings (SSSR count). The summed E-state index contributed by atoms with van der Waals surface area (Å²) in [5, 5.41) is 6.60. The van der Waals surface area contributed by atoms with E-state index >= 15 is 0 Å². The monoisotopic (exact) mass is 704 g/mol. The van der Waals surface area contributed by atoms with Crippen LogP contribution in [0.3, 0.4) is 0 Å². The van der Waals surface area contributed by atoms with Gasteiger partial charge in [-0.15, -0.1) is 0 Å². The fourth-order valence-electron chi connectivity index (χ4n) is 8.10. The highest BCUT2D eigenvalue weighted by Gasteiger charge is 2.22. The predicted molar refractivity (Wildman–Crippen MR) is 227 cm³/mol. The third kappa shape index (κ3) is 5.19. The largest absolute Gasteiger partial charge is 0.455 e. The number of hydrogen-bond donors (Lipinski definition) is 0. The number of oxazole rings is 1. The van der Waals surface area contributed by atoms with E-state index in [1.54, 1.807) is 0 Å². The maximum absolute atomic E-state index is 6.75. The van der Waals surface area contributed by atoms with Gasteiger partial charge in [0.2, 0.25) is 5.89 Å². The zero-order valence-corrected chi connectivity index (χ0v) is 29.7. The van der Waals surface area contributed by atoms with Crippen LogP contribution in [0, 0.1) is 0 Å². The van der Waals surface area contributed by atoms with Gasteiger partial charge in [-0.3, -0.25) is 0 Å². The van der Waals surface area contributed by atoms with E-state index in [0.717, 1.165) is 88.3 Å². The van der Waals surface area contributed by atoms with Crippen molar-refractivity contribution in [1.29, 1.82) is 0 Å². The first-order valence-electron chi connectivity index (χ1n) is 18.5. The number of benzene rings is 9. The van der Waals surface area contributed by atoms with Crippen molar-refractivity contribution in [3.63, 3.8) is 0 Å². The van der Waals surface area contributed by atoms with Crippen LogP contribution in [0.15, 0.2) is 203 Å². The molecule has 0 aliphatic heterocycles. The summed E-state index contributed by atoms with van der Waals surface area (Å²) in [4.78, 5) is 7.18. The van der Waals surface area contributed by atoms with Gasteiger partial charge in [0.1, 0.15) is 16.7 Å². The van der Waals surface area contributed by atoms with Crippen LogP contribution in [0.4, 0.5) is 17.1 Å². The quantitative estimate of drug-likeness (QED) is 0.173. The van der Waals surface area contributed by atoms with Gasteiger partial charge in [0, 0.05) is 38.5 Å². The highest BCUT2D eigenvalue weighted by Crippen LogP contribution is 2.47. The molecule has 0 saturated carbocycles. The first-order valence-corrected chi connectivity index (χ1v) is 18.5. The number of rotatable bonds is 6. The molecule has 0 fully saturated rings. The summed E-state index contributed by atoms with van der Waals surface area (Å²) in [6.45, 7) is 0. The van der Waals surface area contributed by atoms with Crippen LogP contribution in [-0.4, -0.2) is 4.98 Å². The maximum atomic E-state index is 6.75. The molecule has 258 valence electrons. The summed E-state index contributed by atoms with van der Waals surface area (Å²) in [6.07, 6.45) is 0. The average molecular weight is 705 g/mol. The van der Waals surface area contributed by atoms with Crippen molar-refractivity contribution in [3.05, 3.63) is 194 Å². The molecule has 2 heterocycles. The van der Waals surface area contributed by atoms with Crippen molar-refractivity contribution >= 4 is 71.6 Å². The second kappa shape index (κ2) is 12.6.